The number of rotatable bonds is 7. The SMILES string of the molecule is CCOc1cccc(-c2ccc(CS(=O)CC(C)=O)s2)c1. The Morgan fingerprint density at radius 3 is 2.81 bits per heavy atom. The summed E-state index contributed by atoms with van der Waals surface area (Å²) in [5.74, 6) is 1.39. The van der Waals surface area contributed by atoms with Gasteiger partial charge in [-0.1, -0.05) is 12.1 Å². The summed E-state index contributed by atoms with van der Waals surface area (Å²) >= 11 is 1.61. The first kappa shape index (κ1) is 15.9. The van der Waals surface area contributed by atoms with Gasteiger partial charge in [-0.25, -0.2) is 0 Å². The van der Waals surface area contributed by atoms with Gasteiger partial charge in [0.1, 0.15) is 11.5 Å². The van der Waals surface area contributed by atoms with Crippen molar-refractivity contribution >= 4 is 27.9 Å². The van der Waals surface area contributed by atoms with E-state index in [4.69, 9.17) is 4.74 Å². The molecule has 0 saturated carbocycles. The van der Waals surface area contributed by atoms with Crippen molar-refractivity contribution in [2.24, 2.45) is 0 Å². The molecule has 0 bridgehead atoms. The third-order valence-electron chi connectivity index (χ3n) is 2.76. The van der Waals surface area contributed by atoms with E-state index in [1.165, 1.54) is 6.92 Å². The molecule has 0 aliphatic rings. The molecule has 0 radical (unpaired) electrons. The van der Waals surface area contributed by atoms with Gasteiger partial charge in [-0.05, 0) is 43.7 Å². The topological polar surface area (TPSA) is 43.4 Å². The Kier molecular flexibility index (Phi) is 5.70. The van der Waals surface area contributed by atoms with Gasteiger partial charge in [0.2, 0.25) is 0 Å². The van der Waals surface area contributed by atoms with Gasteiger partial charge in [-0.15, -0.1) is 11.3 Å². The van der Waals surface area contributed by atoms with Gasteiger partial charge in [0.15, 0.2) is 0 Å². The number of ether oxygens (including phenoxy) is 1. The lowest BCUT2D eigenvalue weighted by Gasteiger charge is -2.04. The number of Topliss-reactive ketones (excluding diaryl/α,β-unsaturated/α-hetero) is 1. The van der Waals surface area contributed by atoms with Crippen molar-refractivity contribution in [3.8, 4) is 16.2 Å². The van der Waals surface area contributed by atoms with E-state index in [1.54, 1.807) is 11.3 Å². The number of hydrogen-bond acceptors (Lipinski definition) is 4. The van der Waals surface area contributed by atoms with Crippen LogP contribution in [0.25, 0.3) is 10.4 Å². The minimum Gasteiger partial charge on any atom is -0.494 e. The molecule has 0 spiro atoms. The highest BCUT2D eigenvalue weighted by molar-refractivity contribution is 7.85. The molecule has 21 heavy (non-hydrogen) atoms. The number of hydrogen-bond donors (Lipinski definition) is 0. The van der Waals surface area contributed by atoms with Gasteiger partial charge >= 0.3 is 0 Å². The fourth-order valence-corrected chi connectivity index (χ4v) is 4.35. The second kappa shape index (κ2) is 7.52. The Hall–Kier alpha value is -1.46. The third kappa shape index (κ3) is 4.79. The van der Waals surface area contributed by atoms with E-state index >= 15 is 0 Å². The predicted octanol–water partition coefficient (Wildman–Crippen LogP) is 3.65. The predicted molar refractivity (Wildman–Crippen MR) is 88.3 cm³/mol. The van der Waals surface area contributed by atoms with Crippen LogP contribution < -0.4 is 4.74 Å². The van der Waals surface area contributed by atoms with E-state index in [-0.39, 0.29) is 11.5 Å². The lowest BCUT2D eigenvalue weighted by Crippen LogP contribution is -2.07. The fourth-order valence-electron chi connectivity index (χ4n) is 1.95. The average Bonchev–Trinajstić information content (AvgIpc) is 2.87. The molecular weight excluding hydrogens is 304 g/mol. The zero-order chi connectivity index (χ0) is 15.2. The standard InChI is InChI=1S/C16H18O3S2/c1-3-19-14-6-4-5-13(9-14)16-8-7-15(20-16)11-21(18)10-12(2)17/h4-9H,3,10-11H2,1-2H3. The fraction of sp³-hybridized carbons (Fsp3) is 0.312. The van der Waals surface area contributed by atoms with Gasteiger partial charge in [-0.3, -0.25) is 9.00 Å². The Morgan fingerprint density at radius 1 is 1.29 bits per heavy atom. The highest BCUT2D eigenvalue weighted by atomic mass is 32.2. The molecule has 3 nitrogen and oxygen atoms in total. The summed E-state index contributed by atoms with van der Waals surface area (Å²) < 4.78 is 17.3. The summed E-state index contributed by atoms with van der Waals surface area (Å²) in [4.78, 5) is 13.1. The van der Waals surface area contributed by atoms with Crippen LogP contribution in [0.4, 0.5) is 0 Å². The summed E-state index contributed by atoms with van der Waals surface area (Å²) in [6.45, 7) is 4.07. The summed E-state index contributed by atoms with van der Waals surface area (Å²) in [5, 5.41) is 0. The molecule has 0 saturated heterocycles. The zero-order valence-corrected chi connectivity index (χ0v) is 13.8. The third-order valence-corrected chi connectivity index (χ3v) is 5.44. The minimum absolute atomic E-state index is 0.0328. The molecule has 0 fully saturated rings. The van der Waals surface area contributed by atoms with Crippen LogP contribution in [-0.2, 0) is 21.3 Å². The lowest BCUT2D eigenvalue weighted by molar-refractivity contribution is -0.114. The maximum Gasteiger partial charge on any atom is 0.142 e. The van der Waals surface area contributed by atoms with Crippen LogP contribution in [0.1, 0.15) is 18.7 Å². The number of carbonyl (C=O) groups excluding carboxylic acids is 1. The van der Waals surface area contributed by atoms with E-state index in [1.807, 2.05) is 43.3 Å². The molecule has 112 valence electrons. The monoisotopic (exact) mass is 322 g/mol. The number of benzene rings is 1. The van der Waals surface area contributed by atoms with Crippen LogP contribution >= 0.6 is 11.3 Å². The second-order valence-corrected chi connectivity index (χ2v) is 7.28. The molecule has 2 rings (SSSR count). The van der Waals surface area contributed by atoms with Crippen molar-refractivity contribution in [1.29, 1.82) is 0 Å². The smallest absolute Gasteiger partial charge is 0.142 e. The van der Waals surface area contributed by atoms with Crippen LogP contribution in [0.3, 0.4) is 0 Å². The molecule has 1 heterocycles. The minimum atomic E-state index is -1.12. The van der Waals surface area contributed by atoms with E-state index < -0.39 is 10.8 Å². The Morgan fingerprint density at radius 2 is 2.10 bits per heavy atom. The first-order chi connectivity index (χ1) is 10.1. The van der Waals surface area contributed by atoms with Crippen LogP contribution in [0.5, 0.6) is 5.75 Å². The van der Waals surface area contributed by atoms with Gasteiger partial charge in [0.25, 0.3) is 0 Å². The van der Waals surface area contributed by atoms with Crippen molar-refractivity contribution in [1.82, 2.24) is 0 Å². The van der Waals surface area contributed by atoms with Crippen molar-refractivity contribution in [2.75, 3.05) is 12.4 Å². The second-order valence-electron chi connectivity index (χ2n) is 4.66. The highest BCUT2D eigenvalue weighted by Crippen LogP contribution is 2.31. The molecule has 1 atom stereocenters. The summed E-state index contributed by atoms with van der Waals surface area (Å²) in [6, 6.07) is 11.9. The van der Waals surface area contributed by atoms with Gasteiger partial charge in [0.05, 0.1) is 18.1 Å². The maximum atomic E-state index is 11.8. The number of ketones is 1. The number of carbonyl (C=O) groups is 1. The summed E-state index contributed by atoms with van der Waals surface area (Å²) in [5.41, 5.74) is 1.09. The Labute approximate surface area is 131 Å². The van der Waals surface area contributed by atoms with Crippen LogP contribution in [0.2, 0.25) is 0 Å². The van der Waals surface area contributed by atoms with Crippen LogP contribution in [0.15, 0.2) is 36.4 Å². The largest absolute Gasteiger partial charge is 0.494 e. The molecule has 0 N–H and O–H groups in total. The van der Waals surface area contributed by atoms with E-state index in [2.05, 4.69) is 0 Å². The first-order valence-corrected chi connectivity index (χ1v) is 9.05. The summed E-state index contributed by atoms with van der Waals surface area (Å²) in [7, 11) is -1.12. The van der Waals surface area contributed by atoms with Gasteiger partial charge in [0, 0.05) is 20.6 Å². The molecule has 1 aromatic carbocycles. The van der Waals surface area contributed by atoms with Crippen molar-refractivity contribution < 1.29 is 13.7 Å². The maximum absolute atomic E-state index is 11.8. The number of thiophene rings is 1. The molecular formula is C16H18O3S2. The molecule has 0 aliphatic heterocycles. The van der Waals surface area contributed by atoms with E-state index in [9.17, 15) is 9.00 Å². The zero-order valence-electron chi connectivity index (χ0n) is 12.1. The molecule has 2 aromatic rings. The van der Waals surface area contributed by atoms with Crippen molar-refractivity contribution in [3.05, 3.63) is 41.3 Å². The quantitative estimate of drug-likeness (QED) is 0.781. The molecule has 5 heteroatoms. The van der Waals surface area contributed by atoms with Crippen LogP contribution in [0, 0.1) is 0 Å². The normalized spacial score (nSPS) is 12.1. The van der Waals surface area contributed by atoms with E-state index in [0.29, 0.717) is 12.4 Å². The molecule has 0 amide bonds. The Balaban J connectivity index is 2.10. The molecule has 1 unspecified atom stereocenters. The first-order valence-electron chi connectivity index (χ1n) is 6.75. The van der Waals surface area contributed by atoms with Gasteiger partial charge < -0.3 is 4.74 Å². The summed E-state index contributed by atoms with van der Waals surface area (Å²) in [6.07, 6.45) is 0. The van der Waals surface area contributed by atoms with E-state index in [0.717, 1.165) is 21.1 Å². The lowest BCUT2D eigenvalue weighted by atomic mass is 10.2. The van der Waals surface area contributed by atoms with Crippen LogP contribution in [-0.4, -0.2) is 22.4 Å². The van der Waals surface area contributed by atoms with Crippen molar-refractivity contribution in [2.45, 2.75) is 19.6 Å². The van der Waals surface area contributed by atoms with Gasteiger partial charge in [-0.2, -0.15) is 0 Å². The molecule has 0 aliphatic carbocycles. The van der Waals surface area contributed by atoms with Crippen molar-refractivity contribution in [3.63, 3.8) is 0 Å². The average molecular weight is 322 g/mol. The highest BCUT2D eigenvalue weighted by Gasteiger charge is 2.09. The Bertz CT molecular complexity index is 646. The molecule has 1 aromatic heterocycles.